The summed E-state index contributed by atoms with van der Waals surface area (Å²) >= 11 is 1.56. The molecular weight excluding hydrogens is 250 g/mol. The van der Waals surface area contributed by atoms with Gasteiger partial charge in [-0.25, -0.2) is 14.8 Å². The zero-order chi connectivity index (χ0) is 12.5. The van der Waals surface area contributed by atoms with Gasteiger partial charge in [-0.1, -0.05) is 0 Å². The Balaban J connectivity index is 2.06. The number of aromatic nitrogens is 2. The maximum atomic E-state index is 11.3. The molecular formula is C12H13N3O2S. The predicted molar refractivity (Wildman–Crippen MR) is 70.0 cm³/mol. The molecule has 1 N–H and O–H groups in total. The van der Waals surface area contributed by atoms with Crippen LogP contribution in [0.15, 0.2) is 17.8 Å². The van der Waals surface area contributed by atoms with Crippen LogP contribution in [0, 0.1) is 0 Å². The van der Waals surface area contributed by atoms with E-state index >= 15 is 0 Å². The van der Waals surface area contributed by atoms with Crippen molar-refractivity contribution in [2.75, 3.05) is 11.4 Å². The molecule has 1 saturated heterocycles. The largest absolute Gasteiger partial charge is 0.480 e. The fourth-order valence-electron chi connectivity index (χ4n) is 2.42. The van der Waals surface area contributed by atoms with Crippen LogP contribution in [0.5, 0.6) is 0 Å². The molecule has 2 aromatic heterocycles. The zero-order valence-electron chi connectivity index (χ0n) is 9.74. The molecule has 1 atom stereocenters. The highest BCUT2D eigenvalue weighted by Gasteiger charge is 2.30. The number of hydrogen-bond acceptors (Lipinski definition) is 5. The molecule has 0 aromatic carbocycles. The summed E-state index contributed by atoms with van der Waals surface area (Å²) in [6, 6.07) is 1.48. The van der Waals surface area contributed by atoms with Crippen LogP contribution in [0.1, 0.15) is 19.3 Å². The first-order valence-corrected chi connectivity index (χ1v) is 6.83. The van der Waals surface area contributed by atoms with Crippen molar-refractivity contribution in [2.24, 2.45) is 0 Å². The van der Waals surface area contributed by atoms with E-state index in [1.807, 2.05) is 16.3 Å². The Morgan fingerprint density at radius 3 is 3.17 bits per heavy atom. The first-order chi connectivity index (χ1) is 8.77. The molecule has 0 saturated carbocycles. The summed E-state index contributed by atoms with van der Waals surface area (Å²) in [4.78, 5) is 21.7. The molecule has 1 unspecified atom stereocenters. The summed E-state index contributed by atoms with van der Waals surface area (Å²) in [7, 11) is 0. The Labute approximate surface area is 108 Å². The summed E-state index contributed by atoms with van der Waals surface area (Å²) in [5.41, 5.74) is 0.889. The van der Waals surface area contributed by atoms with Gasteiger partial charge in [-0.05, 0) is 30.7 Å². The molecule has 0 amide bonds. The van der Waals surface area contributed by atoms with Crippen LogP contribution in [0.2, 0.25) is 0 Å². The summed E-state index contributed by atoms with van der Waals surface area (Å²) in [6.07, 6.45) is 4.18. The van der Waals surface area contributed by atoms with E-state index in [1.54, 1.807) is 11.3 Å². The smallest absolute Gasteiger partial charge is 0.326 e. The Hall–Kier alpha value is -1.69. The van der Waals surface area contributed by atoms with Gasteiger partial charge in [0.1, 0.15) is 12.4 Å². The van der Waals surface area contributed by atoms with Crippen molar-refractivity contribution in [1.29, 1.82) is 0 Å². The van der Waals surface area contributed by atoms with Crippen LogP contribution < -0.4 is 4.90 Å². The van der Waals surface area contributed by atoms with Crippen molar-refractivity contribution in [3.8, 4) is 0 Å². The summed E-state index contributed by atoms with van der Waals surface area (Å²) < 4.78 is 0.977. The molecule has 1 fully saturated rings. The summed E-state index contributed by atoms with van der Waals surface area (Å²) in [5, 5.41) is 11.3. The van der Waals surface area contributed by atoms with Gasteiger partial charge in [-0.3, -0.25) is 0 Å². The first kappa shape index (κ1) is 11.4. The second-order valence-corrected chi connectivity index (χ2v) is 5.29. The molecule has 0 radical (unpaired) electrons. The maximum absolute atomic E-state index is 11.3. The van der Waals surface area contributed by atoms with Crippen molar-refractivity contribution in [2.45, 2.75) is 25.3 Å². The number of rotatable bonds is 2. The lowest BCUT2D eigenvalue weighted by molar-refractivity contribution is -0.139. The van der Waals surface area contributed by atoms with E-state index in [-0.39, 0.29) is 0 Å². The van der Waals surface area contributed by atoms with Gasteiger partial charge >= 0.3 is 5.97 Å². The molecule has 2 aromatic rings. The van der Waals surface area contributed by atoms with Crippen molar-refractivity contribution >= 4 is 33.3 Å². The number of piperidine rings is 1. The van der Waals surface area contributed by atoms with Gasteiger partial charge in [0, 0.05) is 6.54 Å². The van der Waals surface area contributed by atoms with E-state index in [0.717, 1.165) is 35.4 Å². The fourth-order valence-corrected chi connectivity index (χ4v) is 3.27. The maximum Gasteiger partial charge on any atom is 0.326 e. The number of carboxylic acids is 1. The van der Waals surface area contributed by atoms with Crippen molar-refractivity contribution in [1.82, 2.24) is 9.97 Å². The Morgan fingerprint density at radius 2 is 2.33 bits per heavy atom. The van der Waals surface area contributed by atoms with Gasteiger partial charge in [-0.15, -0.1) is 11.3 Å². The van der Waals surface area contributed by atoms with E-state index in [1.165, 1.54) is 6.33 Å². The van der Waals surface area contributed by atoms with Crippen molar-refractivity contribution < 1.29 is 9.90 Å². The molecule has 3 heterocycles. The van der Waals surface area contributed by atoms with Gasteiger partial charge in [0.2, 0.25) is 0 Å². The van der Waals surface area contributed by atoms with E-state index in [0.29, 0.717) is 6.42 Å². The van der Waals surface area contributed by atoms with Crippen LogP contribution >= 0.6 is 11.3 Å². The molecule has 94 valence electrons. The minimum absolute atomic E-state index is 0.459. The molecule has 6 heteroatoms. The standard InChI is InChI=1S/C12H13N3O2S/c16-12(17)9-3-1-2-5-15(9)11-10-8(4-6-18-10)13-7-14-11/h4,6-7,9H,1-3,5H2,(H,16,17). The van der Waals surface area contributed by atoms with Gasteiger partial charge in [0.05, 0.1) is 10.2 Å². The Morgan fingerprint density at radius 1 is 1.44 bits per heavy atom. The highest BCUT2D eigenvalue weighted by atomic mass is 32.1. The predicted octanol–water partition coefficient (Wildman–Crippen LogP) is 2.13. The summed E-state index contributed by atoms with van der Waals surface area (Å²) in [6.45, 7) is 0.751. The average Bonchev–Trinajstić information content (AvgIpc) is 2.86. The lowest BCUT2D eigenvalue weighted by Crippen LogP contribution is -2.45. The number of aliphatic carboxylic acids is 1. The van der Waals surface area contributed by atoms with E-state index in [2.05, 4.69) is 9.97 Å². The normalized spacial score (nSPS) is 20.2. The molecule has 1 aliphatic heterocycles. The molecule has 18 heavy (non-hydrogen) atoms. The highest BCUT2D eigenvalue weighted by Crippen LogP contribution is 2.31. The average molecular weight is 263 g/mol. The Kier molecular flexibility index (Phi) is 2.87. The molecule has 0 aliphatic carbocycles. The minimum Gasteiger partial charge on any atom is -0.480 e. The van der Waals surface area contributed by atoms with Gasteiger partial charge in [0.15, 0.2) is 5.82 Å². The second-order valence-electron chi connectivity index (χ2n) is 4.38. The number of thiophene rings is 1. The van der Waals surface area contributed by atoms with Crippen LogP contribution in [-0.2, 0) is 4.79 Å². The van der Waals surface area contributed by atoms with Crippen LogP contribution in [-0.4, -0.2) is 33.6 Å². The lowest BCUT2D eigenvalue weighted by atomic mass is 10.0. The third-order valence-corrected chi connectivity index (χ3v) is 4.18. The molecule has 5 nitrogen and oxygen atoms in total. The molecule has 1 aliphatic rings. The van der Waals surface area contributed by atoms with Crippen LogP contribution in [0.3, 0.4) is 0 Å². The molecule has 3 rings (SSSR count). The topological polar surface area (TPSA) is 66.3 Å². The highest BCUT2D eigenvalue weighted by molar-refractivity contribution is 7.17. The SMILES string of the molecule is O=C(O)C1CCCCN1c1ncnc2ccsc12. The quantitative estimate of drug-likeness (QED) is 0.899. The Bertz CT molecular complexity index is 583. The van der Waals surface area contributed by atoms with Gasteiger partial charge in [-0.2, -0.15) is 0 Å². The number of anilines is 1. The molecule has 0 spiro atoms. The second kappa shape index (κ2) is 4.53. The third kappa shape index (κ3) is 1.82. The monoisotopic (exact) mass is 263 g/mol. The number of carbonyl (C=O) groups is 1. The van der Waals surface area contributed by atoms with E-state index in [4.69, 9.17) is 0 Å². The fraction of sp³-hybridized carbons (Fsp3) is 0.417. The summed E-state index contributed by atoms with van der Waals surface area (Å²) in [5.74, 6) is 0.000110. The number of fused-ring (bicyclic) bond motifs is 1. The minimum atomic E-state index is -0.766. The number of carboxylic acid groups (broad SMARTS) is 1. The van der Waals surface area contributed by atoms with Gasteiger partial charge in [0.25, 0.3) is 0 Å². The first-order valence-electron chi connectivity index (χ1n) is 5.95. The van der Waals surface area contributed by atoms with Crippen LogP contribution in [0.4, 0.5) is 5.82 Å². The lowest BCUT2D eigenvalue weighted by Gasteiger charge is -2.33. The van der Waals surface area contributed by atoms with Crippen molar-refractivity contribution in [3.05, 3.63) is 17.8 Å². The number of hydrogen-bond donors (Lipinski definition) is 1. The van der Waals surface area contributed by atoms with Gasteiger partial charge < -0.3 is 10.0 Å². The van der Waals surface area contributed by atoms with Crippen molar-refractivity contribution in [3.63, 3.8) is 0 Å². The van der Waals surface area contributed by atoms with E-state index < -0.39 is 12.0 Å². The number of nitrogens with zero attached hydrogens (tertiary/aromatic N) is 3. The van der Waals surface area contributed by atoms with Crippen LogP contribution in [0.25, 0.3) is 10.2 Å². The van der Waals surface area contributed by atoms with E-state index in [9.17, 15) is 9.90 Å². The zero-order valence-corrected chi connectivity index (χ0v) is 10.6. The molecule has 0 bridgehead atoms. The third-order valence-electron chi connectivity index (χ3n) is 3.28.